The monoisotopic (exact) mass is 521 g/mol. The number of amides is 4. The molecule has 0 atom stereocenters. The van der Waals surface area contributed by atoms with Crippen LogP contribution in [0.1, 0.15) is 32.8 Å². The first-order valence-corrected chi connectivity index (χ1v) is 10.8. The average Bonchev–Trinajstić information content (AvgIpc) is 2.84. The third kappa shape index (κ3) is 5.28. The van der Waals surface area contributed by atoms with Crippen molar-refractivity contribution in [2.45, 2.75) is 12.6 Å². The lowest BCUT2D eigenvalue weighted by Gasteiger charge is -2.33. The molecule has 1 aromatic heterocycles. The maximum Gasteiger partial charge on any atom is 0.417 e. The maximum absolute atomic E-state index is 13.7. The lowest BCUT2D eigenvalue weighted by molar-refractivity contribution is -0.138. The molecule has 0 radical (unpaired) electrons. The second kappa shape index (κ2) is 9.90. The Balaban J connectivity index is 1.52. The van der Waals surface area contributed by atoms with Gasteiger partial charge >= 0.3 is 12.2 Å². The van der Waals surface area contributed by atoms with Gasteiger partial charge in [0.2, 0.25) is 0 Å². The Morgan fingerprint density at radius 1 is 0.972 bits per heavy atom. The molecule has 0 aliphatic carbocycles. The smallest absolute Gasteiger partial charge is 0.321 e. The number of halogens is 5. The summed E-state index contributed by atoms with van der Waals surface area (Å²) >= 11 is 5.81. The molecule has 0 unspecified atom stereocenters. The van der Waals surface area contributed by atoms with Crippen LogP contribution in [0.5, 0.6) is 0 Å². The quantitative estimate of drug-likeness (QED) is 0.487. The van der Waals surface area contributed by atoms with Crippen molar-refractivity contribution in [1.29, 1.82) is 0 Å². The van der Waals surface area contributed by atoms with Crippen molar-refractivity contribution in [3.8, 4) is 0 Å². The first-order valence-electron chi connectivity index (χ1n) is 10.5. The van der Waals surface area contributed by atoms with Gasteiger partial charge in [0.25, 0.3) is 11.8 Å². The van der Waals surface area contributed by atoms with Gasteiger partial charge in [-0.05, 0) is 61.0 Å². The van der Waals surface area contributed by atoms with E-state index in [1.165, 1.54) is 12.1 Å². The molecular weight excluding hydrogens is 506 g/mol. The molecule has 3 aromatic rings. The minimum absolute atomic E-state index is 0.0177. The van der Waals surface area contributed by atoms with Crippen LogP contribution in [0.15, 0.2) is 54.6 Å². The number of nitrogens with zero attached hydrogens (tertiary/aromatic N) is 4. The van der Waals surface area contributed by atoms with Gasteiger partial charge in [0.05, 0.1) is 11.1 Å². The lowest BCUT2D eigenvalue weighted by atomic mass is 10.0. The summed E-state index contributed by atoms with van der Waals surface area (Å²) in [5, 5.41) is 10.8. The fourth-order valence-corrected chi connectivity index (χ4v) is 3.66. The van der Waals surface area contributed by atoms with Crippen LogP contribution in [-0.2, 0) is 6.18 Å². The second-order valence-corrected chi connectivity index (χ2v) is 8.11. The largest absolute Gasteiger partial charge is 0.417 e. The fourth-order valence-electron chi connectivity index (χ4n) is 3.53. The molecule has 1 aliphatic heterocycles. The third-order valence-corrected chi connectivity index (χ3v) is 5.50. The summed E-state index contributed by atoms with van der Waals surface area (Å²) in [7, 11) is 0. The summed E-state index contributed by atoms with van der Waals surface area (Å²) < 4.78 is 53.7. The molecule has 2 heterocycles. The van der Waals surface area contributed by atoms with Crippen molar-refractivity contribution >= 4 is 41.0 Å². The van der Waals surface area contributed by atoms with Crippen molar-refractivity contribution in [3.63, 3.8) is 0 Å². The van der Waals surface area contributed by atoms with Gasteiger partial charge in [0.15, 0.2) is 11.5 Å². The molecule has 4 rings (SSSR count). The number of alkyl halides is 3. The van der Waals surface area contributed by atoms with E-state index in [-0.39, 0.29) is 31.0 Å². The molecule has 2 aromatic carbocycles. The number of benzene rings is 2. The summed E-state index contributed by atoms with van der Waals surface area (Å²) in [5.41, 5.74) is -1.93. The van der Waals surface area contributed by atoms with E-state index in [2.05, 4.69) is 15.5 Å². The van der Waals surface area contributed by atoms with E-state index in [1.807, 2.05) is 0 Å². The molecule has 186 valence electrons. The number of imide groups is 1. The van der Waals surface area contributed by atoms with E-state index in [0.29, 0.717) is 33.8 Å². The van der Waals surface area contributed by atoms with Gasteiger partial charge in [-0.15, -0.1) is 10.2 Å². The third-order valence-electron chi connectivity index (χ3n) is 5.25. The van der Waals surface area contributed by atoms with E-state index in [1.54, 1.807) is 24.3 Å². The van der Waals surface area contributed by atoms with E-state index in [0.717, 1.165) is 4.90 Å². The Bertz CT molecular complexity index is 1320. The fraction of sp³-hybridized carbons (Fsp3) is 0.174. The number of anilines is 2. The minimum atomic E-state index is -4.93. The van der Waals surface area contributed by atoms with Crippen molar-refractivity contribution in [1.82, 2.24) is 15.1 Å². The Morgan fingerprint density at radius 3 is 2.33 bits per heavy atom. The topological polar surface area (TPSA) is 95.5 Å². The molecule has 1 fully saturated rings. The maximum atomic E-state index is 13.7. The first kappa shape index (κ1) is 25.0. The highest BCUT2D eigenvalue weighted by molar-refractivity contribution is 6.30. The predicted octanol–water partition coefficient (Wildman–Crippen LogP) is 5.01. The van der Waals surface area contributed by atoms with Crippen molar-refractivity contribution in [3.05, 3.63) is 82.3 Å². The van der Waals surface area contributed by atoms with Gasteiger partial charge < -0.3 is 5.32 Å². The van der Waals surface area contributed by atoms with Gasteiger partial charge in [0.1, 0.15) is 5.82 Å². The number of hydrogen-bond acceptors (Lipinski definition) is 5. The Hall–Kier alpha value is -4.06. The normalized spacial score (nSPS) is 14.1. The standard InChI is InChI=1S/C23H16ClF4N5O3/c24-13-2-5-15(6-3-13)29-20(34)18-8-9-19(31-30-18)32-10-1-11-33(22(32)36)21(35)16-12-14(25)4-7-17(16)23(26,27)28/h2-9,12H,1,10-11H2,(H,29,34). The minimum Gasteiger partial charge on any atom is -0.321 e. The van der Waals surface area contributed by atoms with Crippen LogP contribution in [0.4, 0.5) is 33.9 Å². The van der Waals surface area contributed by atoms with Crippen LogP contribution in [0, 0.1) is 5.82 Å². The number of rotatable bonds is 4. The molecule has 1 saturated heterocycles. The molecule has 0 saturated carbocycles. The second-order valence-electron chi connectivity index (χ2n) is 7.67. The number of carbonyl (C=O) groups is 3. The number of urea groups is 1. The van der Waals surface area contributed by atoms with Gasteiger partial charge in [-0.1, -0.05) is 11.6 Å². The zero-order chi connectivity index (χ0) is 26.0. The van der Waals surface area contributed by atoms with Gasteiger partial charge in [-0.3, -0.25) is 19.4 Å². The van der Waals surface area contributed by atoms with E-state index in [9.17, 15) is 31.9 Å². The summed E-state index contributed by atoms with van der Waals surface area (Å²) in [6, 6.07) is 9.51. The molecular formula is C23H16ClF4N5O3. The number of hydrogen-bond donors (Lipinski definition) is 1. The van der Waals surface area contributed by atoms with Gasteiger partial charge in [-0.2, -0.15) is 13.2 Å². The van der Waals surface area contributed by atoms with Crippen molar-refractivity contribution in [2.24, 2.45) is 0 Å². The Kier molecular flexibility index (Phi) is 6.88. The van der Waals surface area contributed by atoms with Crippen LogP contribution in [0.2, 0.25) is 5.02 Å². The van der Waals surface area contributed by atoms with Crippen molar-refractivity contribution in [2.75, 3.05) is 23.3 Å². The van der Waals surface area contributed by atoms with Crippen LogP contribution in [0.25, 0.3) is 0 Å². The van der Waals surface area contributed by atoms with Crippen LogP contribution in [-0.4, -0.2) is 46.0 Å². The molecule has 8 nitrogen and oxygen atoms in total. The number of nitrogens with one attached hydrogen (secondary N) is 1. The zero-order valence-electron chi connectivity index (χ0n) is 18.2. The number of carbonyl (C=O) groups excluding carboxylic acids is 3. The highest BCUT2D eigenvalue weighted by Crippen LogP contribution is 2.33. The SMILES string of the molecule is O=C(Nc1ccc(Cl)cc1)c1ccc(N2CCCN(C(=O)c3cc(F)ccc3C(F)(F)F)C2=O)nn1. The molecule has 4 amide bonds. The van der Waals surface area contributed by atoms with Crippen LogP contribution in [0.3, 0.4) is 0 Å². The Labute approximate surface area is 206 Å². The van der Waals surface area contributed by atoms with Gasteiger partial charge in [-0.25, -0.2) is 9.18 Å². The average molecular weight is 522 g/mol. The number of aromatic nitrogens is 2. The van der Waals surface area contributed by atoms with E-state index < -0.39 is 41.0 Å². The summed E-state index contributed by atoms with van der Waals surface area (Å²) in [6.45, 7) is -0.0696. The highest BCUT2D eigenvalue weighted by atomic mass is 35.5. The summed E-state index contributed by atoms with van der Waals surface area (Å²) in [5.74, 6) is -2.94. The van der Waals surface area contributed by atoms with E-state index >= 15 is 0 Å². The first-order chi connectivity index (χ1) is 17.0. The molecule has 36 heavy (non-hydrogen) atoms. The molecule has 0 spiro atoms. The summed E-state index contributed by atoms with van der Waals surface area (Å²) in [6.07, 6.45) is -4.71. The highest BCUT2D eigenvalue weighted by Gasteiger charge is 2.39. The molecule has 1 aliphatic rings. The zero-order valence-corrected chi connectivity index (χ0v) is 19.0. The molecule has 13 heteroatoms. The summed E-state index contributed by atoms with van der Waals surface area (Å²) in [4.78, 5) is 39.9. The van der Waals surface area contributed by atoms with Crippen LogP contribution >= 0.6 is 11.6 Å². The predicted molar refractivity (Wildman–Crippen MR) is 121 cm³/mol. The lowest BCUT2D eigenvalue weighted by Crippen LogP contribution is -2.52. The molecule has 0 bridgehead atoms. The van der Waals surface area contributed by atoms with Crippen molar-refractivity contribution < 1.29 is 31.9 Å². The van der Waals surface area contributed by atoms with E-state index in [4.69, 9.17) is 11.6 Å². The molecule has 1 N–H and O–H groups in total. The van der Waals surface area contributed by atoms with Gasteiger partial charge in [0, 0.05) is 23.8 Å². The Morgan fingerprint density at radius 2 is 1.69 bits per heavy atom. The van der Waals surface area contributed by atoms with Crippen LogP contribution < -0.4 is 10.2 Å².